The Morgan fingerprint density at radius 1 is 1.38 bits per heavy atom. The average Bonchev–Trinajstić information content (AvgIpc) is 2.60. The predicted octanol–water partition coefficient (Wildman–Crippen LogP) is 3.84. The fourth-order valence-electron chi connectivity index (χ4n) is 3.74. The van der Waals surface area contributed by atoms with Gasteiger partial charge >= 0.3 is 5.97 Å². The highest BCUT2D eigenvalue weighted by Gasteiger charge is 2.43. The van der Waals surface area contributed by atoms with Gasteiger partial charge in [-0.25, -0.2) is 0 Å². The second kappa shape index (κ2) is 7.66. The standard InChI is InChI=1S/C20H22BrNO4/c1-4-26-20(24)17-11(2)22-14-6-5-7-15(23)19(14)18(17)12-8-9-16(25-3)13(21)10-12/h8-10,17-18,22H,2,4-7H2,1,3H3. The van der Waals surface area contributed by atoms with Crippen molar-refractivity contribution in [3.63, 3.8) is 0 Å². The van der Waals surface area contributed by atoms with Crippen molar-refractivity contribution < 1.29 is 19.1 Å². The molecule has 1 aromatic rings. The van der Waals surface area contributed by atoms with E-state index >= 15 is 0 Å². The summed E-state index contributed by atoms with van der Waals surface area (Å²) in [7, 11) is 1.60. The first-order valence-corrected chi connectivity index (χ1v) is 9.49. The van der Waals surface area contributed by atoms with Gasteiger partial charge in [0.05, 0.1) is 18.2 Å². The van der Waals surface area contributed by atoms with Crippen LogP contribution in [0.25, 0.3) is 0 Å². The third-order valence-corrected chi connectivity index (χ3v) is 5.48. The number of benzene rings is 1. The molecule has 0 fully saturated rings. The molecule has 0 aromatic heterocycles. The quantitative estimate of drug-likeness (QED) is 0.750. The fourth-order valence-corrected chi connectivity index (χ4v) is 4.30. The van der Waals surface area contributed by atoms with Crippen LogP contribution in [0.1, 0.15) is 37.7 Å². The van der Waals surface area contributed by atoms with E-state index in [2.05, 4.69) is 27.8 Å². The van der Waals surface area contributed by atoms with Gasteiger partial charge in [0.15, 0.2) is 5.78 Å². The van der Waals surface area contributed by atoms with Crippen molar-refractivity contribution in [2.75, 3.05) is 13.7 Å². The van der Waals surface area contributed by atoms with Crippen LogP contribution in [0, 0.1) is 5.92 Å². The van der Waals surface area contributed by atoms with Crippen molar-refractivity contribution in [2.24, 2.45) is 5.92 Å². The second-order valence-corrected chi connectivity index (χ2v) is 7.27. The van der Waals surface area contributed by atoms with E-state index in [0.29, 0.717) is 23.4 Å². The molecule has 1 aromatic carbocycles. The van der Waals surface area contributed by atoms with E-state index in [-0.39, 0.29) is 18.4 Å². The molecule has 0 bridgehead atoms. The zero-order chi connectivity index (χ0) is 18.8. The maximum Gasteiger partial charge on any atom is 0.315 e. The average molecular weight is 420 g/mol. The Morgan fingerprint density at radius 3 is 2.81 bits per heavy atom. The molecule has 26 heavy (non-hydrogen) atoms. The van der Waals surface area contributed by atoms with Crippen molar-refractivity contribution in [2.45, 2.75) is 32.1 Å². The van der Waals surface area contributed by atoms with Gasteiger partial charge in [0.25, 0.3) is 0 Å². The van der Waals surface area contributed by atoms with Crippen LogP contribution < -0.4 is 10.1 Å². The number of carbonyl (C=O) groups excluding carboxylic acids is 2. The zero-order valence-corrected chi connectivity index (χ0v) is 16.5. The van der Waals surface area contributed by atoms with E-state index in [1.807, 2.05) is 18.2 Å². The number of methoxy groups -OCH3 is 1. The van der Waals surface area contributed by atoms with Crippen LogP contribution in [-0.4, -0.2) is 25.5 Å². The van der Waals surface area contributed by atoms with Crippen LogP contribution in [0.4, 0.5) is 0 Å². The van der Waals surface area contributed by atoms with E-state index in [4.69, 9.17) is 9.47 Å². The molecule has 0 amide bonds. The van der Waals surface area contributed by atoms with Crippen molar-refractivity contribution in [3.05, 3.63) is 51.8 Å². The van der Waals surface area contributed by atoms with Gasteiger partial charge in [-0.05, 0) is 53.4 Å². The molecule has 5 nitrogen and oxygen atoms in total. The fraction of sp³-hybridized carbons (Fsp3) is 0.400. The summed E-state index contributed by atoms with van der Waals surface area (Å²) < 4.78 is 11.4. The van der Waals surface area contributed by atoms with Gasteiger partial charge in [-0.2, -0.15) is 0 Å². The first kappa shape index (κ1) is 18.7. The zero-order valence-electron chi connectivity index (χ0n) is 14.9. The van der Waals surface area contributed by atoms with E-state index in [1.165, 1.54) is 0 Å². The Morgan fingerprint density at radius 2 is 2.15 bits per heavy atom. The molecule has 1 aliphatic carbocycles. The highest BCUT2D eigenvalue weighted by Crippen LogP contribution is 2.45. The first-order valence-electron chi connectivity index (χ1n) is 8.70. The molecule has 2 aliphatic rings. The van der Waals surface area contributed by atoms with Crippen LogP contribution in [0.2, 0.25) is 0 Å². The lowest BCUT2D eigenvalue weighted by Gasteiger charge is -2.38. The number of Topliss-reactive ketones (excluding diaryl/α,β-unsaturated/α-hetero) is 1. The lowest BCUT2D eigenvalue weighted by molar-refractivity contribution is -0.147. The van der Waals surface area contributed by atoms with Gasteiger partial charge in [-0.3, -0.25) is 9.59 Å². The number of hydrogen-bond donors (Lipinski definition) is 1. The van der Waals surface area contributed by atoms with Gasteiger partial charge in [0, 0.05) is 29.3 Å². The number of ketones is 1. The Bertz CT molecular complexity index is 799. The summed E-state index contributed by atoms with van der Waals surface area (Å²) in [6.45, 7) is 6.10. The minimum atomic E-state index is -0.643. The van der Waals surface area contributed by atoms with Crippen LogP contribution in [0.3, 0.4) is 0 Å². The number of rotatable bonds is 4. The summed E-state index contributed by atoms with van der Waals surface area (Å²) in [5.41, 5.74) is 3.00. The molecule has 6 heteroatoms. The summed E-state index contributed by atoms with van der Waals surface area (Å²) in [5.74, 6) is -0.647. The molecule has 1 N–H and O–H groups in total. The monoisotopic (exact) mass is 419 g/mol. The van der Waals surface area contributed by atoms with Crippen molar-refractivity contribution in [3.8, 4) is 5.75 Å². The second-order valence-electron chi connectivity index (χ2n) is 6.42. The van der Waals surface area contributed by atoms with Gasteiger partial charge in [-0.15, -0.1) is 0 Å². The Balaban J connectivity index is 2.15. The number of allylic oxidation sites excluding steroid dienone is 2. The summed E-state index contributed by atoms with van der Waals surface area (Å²) in [4.78, 5) is 25.4. The smallest absolute Gasteiger partial charge is 0.315 e. The number of hydrogen-bond acceptors (Lipinski definition) is 5. The number of carbonyl (C=O) groups is 2. The minimum absolute atomic E-state index is 0.0810. The molecule has 2 unspecified atom stereocenters. The molecule has 2 atom stereocenters. The first-order chi connectivity index (χ1) is 12.5. The molecule has 1 heterocycles. The summed E-state index contributed by atoms with van der Waals surface area (Å²) in [6, 6.07) is 5.63. The number of esters is 1. The third kappa shape index (κ3) is 3.30. The van der Waals surface area contributed by atoms with Gasteiger partial charge < -0.3 is 14.8 Å². The molecular formula is C20H22BrNO4. The highest BCUT2D eigenvalue weighted by molar-refractivity contribution is 9.10. The molecule has 0 radical (unpaired) electrons. The molecule has 1 aliphatic heterocycles. The van der Waals surface area contributed by atoms with Crippen molar-refractivity contribution in [1.82, 2.24) is 5.32 Å². The Kier molecular flexibility index (Phi) is 5.51. The third-order valence-electron chi connectivity index (χ3n) is 4.86. The SMILES string of the molecule is C=C1NC2=C(C(=O)CCC2)C(c2ccc(OC)c(Br)c2)C1C(=O)OCC. The van der Waals surface area contributed by atoms with Gasteiger partial charge in [-0.1, -0.05) is 12.6 Å². The van der Waals surface area contributed by atoms with Crippen LogP contribution in [-0.2, 0) is 14.3 Å². The lowest BCUT2D eigenvalue weighted by atomic mass is 9.71. The van der Waals surface area contributed by atoms with Crippen LogP contribution in [0.5, 0.6) is 5.75 Å². The van der Waals surface area contributed by atoms with E-state index in [9.17, 15) is 9.59 Å². The summed E-state index contributed by atoms with van der Waals surface area (Å²) in [6.07, 6.45) is 2.08. The lowest BCUT2D eigenvalue weighted by Crippen LogP contribution is -2.41. The minimum Gasteiger partial charge on any atom is -0.496 e. The maximum atomic E-state index is 12.7. The normalized spacial score (nSPS) is 22.6. The molecule has 0 saturated carbocycles. The molecule has 0 saturated heterocycles. The topological polar surface area (TPSA) is 64.6 Å². The molecule has 3 rings (SSSR count). The van der Waals surface area contributed by atoms with Gasteiger partial charge in [0.2, 0.25) is 0 Å². The number of nitrogens with one attached hydrogen (secondary N) is 1. The van der Waals surface area contributed by atoms with Crippen LogP contribution >= 0.6 is 15.9 Å². The number of ether oxygens (including phenoxy) is 2. The Labute approximate surface area is 161 Å². The van der Waals surface area contributed by atoms with Gasteiger partial charge in [0.1, 0.15) is 11.7 Å². The summed E-state index contributed by atoms with van der Waals surface area (Å²) in [5, 5.41) is 3.20. The van der Waals surface area contributed by atoms with Crippen molar-refractivity contribution in [1.29, 1.82) is 0 Å². The largest absolute Gasteiger partial charge is 0.496 e. The molecule has 0 spiro atoms. The highest BCUT2D eigenvalue weighted by atomic mass is 79.9. The maximum absolute atomic E-state index is 12.7. The molecule has 138 valence electrons. The Hall–Kier alpha value is -2.08. The molecular weight excluding hydrogens is 398 g/mol. The summed E-state index contributed by atoms with van der Waals surface area (Å²) >= 11 is 3.50. The van der Waals surface area contributed by atoms with Crippen molar-refractivity contribution >= 4 is 27.7 Å². The predicted molar refractivity (Wildman–Crippen MR) is 102 cm³/mol. The van der Waals surface area contributed by atoms with E-state index in [0.717, 1.165) is 28.6 Å². The van der Waals surface area contributed by atoms with E-state index < -0.39 is 11.8 Å². The number of halogens is 1. The van der Waals surface area contributed by atoms with E-state index in [1.54, 1.807) is 14.0 Å². The van der Waals surface area contributed by atoms with Crippen LogP contribution in [0.15, 0.2) is 46.2 Å².